The van der Waals surface area contributed by atoms with Gasteiger partial charge in [0.05, 0.1) is 13.0 Å². The Balaban J connectivity index is 5.49. The highest BCUT2D eigenvalue weighted by molar-refractivity contribution is 7.87. The van der Waals surface area contributed by atoms with Crippen molar-refractivity contribution in [1.29, 1.82) is 0 Å². The maximum atomic E-state index is 12.0. The van der Waals surface area contributed by atoms with E-state index in [-0.39, 0.29) is 19.4 Å². The van der Waals surface area contributed by atoms with E-state index < -0.39 is 46.1 Å². The van der Waals surface area contributed by atoms with Crippen molar-refractivity contribution in [3.8, 4) is 0 Å². The third kappa shape index (κ3) is 7.37. The van der Waals surface area contributed by atoms with Crippen molar-refractivity contribution in [3.63, 3.8) is 0 Å². The molecule has 0 fully saturated rings. The van der Waals surface area contributed by atoms with E-state index >= 15 is 0 Å². The molecule has 0 aliphatic heterocycles. The Morgan fingerprint density at radius 2 is 1.87 bits per heavy atom. The summed E-state index contributed by atoms with van der Waals surface area (Å²) < 4.78 is 41.6. The summed E-state index contributed by atoms with van der Waals surface area (Å²) in [5.74, 6) is -4.87. The number of aliphatic hydroxyl groups is 1. The number of carbonyl (C=O) groups is 2. The number of carboxylic acids is 1. The van der Waals surface area contributed by atoms with Gasteiger partial charge in [-0.1, -0.05) is 12.2 Å². The lowest BCUT2D eigenvalue weighted by Gasteiger charge is -2.32. The molecule has 3 N–H and O–H groups in total. The van der Waals surface area contributed by atoms with Gasteiger partial charge in [0.25, 0.3) is 10.1 Å². The van der Waals surface area contributed by atoms with Gasteiger partial charge in [0.1, 0.15) is 0 Å². The summed E-state index contributed by atoms with van der Waals surface area (Å²) in [4.78, 5) is 22.7. The van der Waals surface area contributed by atoms with Crippen molar-refractivity contribution in [3.05, 3.63) is 25.3 Å². The number of aliphatic hydroxyl groups excluding tert-OH is 1. The highest BCUT2D eigenvalue weighted by atomic mass is 32.2. The summed E-state index contributed by atoms with van der Waals surface area (Å²) in [6, 6.07) is 0. The SMILES string of the molecule is C=CCOC(CC=C)(CCO)OC(=O)C(CC(=O)O)S(=O)(=O)O. The van der Waals surface area contributed by atoms with E-state index in [1.165, 1.54) is 12.2 Å². The third-order valence-corrected chi connectivity index (χ3v) is 3.76. The molecular formula is C13H20O9S. The van der Waals surface area contributed by atoms with E-state index in [0.717, 1.165) is 0 Å². The van der Waals surface area contributed by atoms with E-state index in [0.29, 0.717) is 0 Å². The molecule has 0 aromatic carbocycles. The molecule has 2 atom stereocenters. The zero-order chi connectivity index (χ0) is 18.1. The zero-order valence-electron chi connectivity index (χ0n) is 12.4. The van der Waals surface area contributed by atoms with E-state index in [1.54, 1.807) is 0 Å². The van der Waals surface area contributed by atoms with Crippen LogP contribution >= 0.6 is 0 Å². The quantitative estimate of drug-likeness (QED) is 0.193. The highest BCUT2D eigenvalue weighted by Crippen LogP contribution is 2.25. The van der Waals surface area contributed by atoms with Crippen molar-refractivity contribution >= 4 is 22.1 Å². The molecule has 0 aliphatic carbocycles. The van der Waals surface area contributed by atoms with E-state index in [4.69, 9.17) is 24.2 Å². The van der Waals surface area contributed by atoms with Crippen molar-refractivity contribution in [2.24, 2.45) is 0 Å². The average Bonchev–Trinajstić information content (AvgIpc) is 2.41. The second-order valence-corrected chi connectivity index (χ2v) is 6.10. The number of esters is 1. The normalized spacial score (nSPS) is 15.2. The van der Waals surface area contributed by atoms with Crippen molar-refractivity contribution in [2.45, 2.75) is 30.3 Å². The molecule has 0 rings (SSSR count). The molecule has 23 heavy (non-hydrogen) atoms. The fourth-order valence-corrected chi connectivity index (χ4v) is 2.32. The lowest BCUT2D eigenvalue weighted by molar-refractivity contribution is -0.232. The first-order valence-corrected chi connectivity index (χ1v) is 7.99. The average molecular weight is 352 g/mol. The number of rotatable bonds is 12. The number of hydrogen-bond donors (Lipinski definition) is 3. The molecule has 0 aliphatic rings. The first-order chi connectivity index (χ1) is 10.6. The van der Waals surface area contributed by atoms with Gasteiger partial charge in [-0.3, -0.25) is 14.1 Å². The zero-order valence-corrected chi connectivity index (χ0v) is 13.2. The molecule has 0 bridgehead atoms. The molecule has 0 radical (unpaired) electrons. The van der Waals surface area contributed by atoms with Gasteiger partial charge in [-0.15, -0.1) is 13.2 Å². The molecule has 10 heteroatoms. The van der Waals surface area contributed by atoms with Gasteiger partial charge in [-0.05, 0) is 0 Å². The van der Waals surface area contributed by atoms with Gasteiger partial charge in [0, 0.05) is 19.4 Å². The van der Waals surface area contributed by atoms with Gasteiger partial charge in [-0.25, -0.2) is 0 Å². The molecule has 132 valence electrons. The number of ether oxygens (including phenoxy) is 2. The number of carboxylic acid groups (broad SMARTS) is 1. The Morgan fingerprint density at radius 3 is 2.26 bits per heavy atom. The van der Waals surface area contributed by atoms with Gasteiger partial charge in [-0.2, -0.15) is 8.42 Å². The van der Waals surface area contributed by atoms with Gasteiger partial charge in [0.2, 0.25) is 5.79 Å². The summed E-state index contributed by atoms with van der Waals surface area (Å²) in [5, 5.41) is 15.4. The van der Waals surface area contributed by atoms with Crippen molar-refractivity contribution < 1.29 is 42.2 Å². The Hall–Kier alpha value is -1.75. The molecule has 0 heterocycles. The Kier molecular flexibility index (Phi) is 8.69. The minimum absolute atomic E-state index is 0.0867. The maximum absolute atomic E-state index is 12.0. The van der Waals surface area contributed by atoms with Crippen molar-refractivity contribution in [2.75, 3.05) is 13.2 Å². The molecule has 0 saturated carbocycles. The Labute approximate surface area is 134 Å². The topological polar surface area (TPSA) is 147 Å². The van der Waals surface area contributed by atoms with Crippen LogP contribution in [-0.4, -0.2) is 59.4 Å². The third-order valence-electron chi connectivity index (χ3n) is 2.68. The molecule has 2 unspecified atom stereocenters. The van der Waals surface area contributed by atoms with Crippen LogP contribution in [0.2, 0.25) is 0 Å². The van der Waals surface area contributed by atoms with E-state index in [1.807, 2.05) is 0 Å². The molecule has 0 spiro atoms. The minimum atomic E-state index is -5.00. The number of hydrogen-bond acceptors (Lipinski definition) is 7. The number of aliphatic carboxylic acids is 1. The fourth-order valence-electron chi connectivity index (χ4n) is 1.67. The molecule has 0 saturated heterocycles. The van der Waals surface area contributed by atoms with Gasteiger partial charge < -0.3 is 19.7 Å². The van der Waals surface area contributed by atoms with E-state index in [2.05, 4.69) is 13.2 Å². The summed E-state index contributed by atoms with van der Waals surface area (Å²) in [5.41, 5.74) is 0. The van der Waals surface area contributed by atoms with Crippen LogP contribution in [-0.2, 0) is 29.2 Å². The van der Waals surface area contributed by atoms with Crippen LogP contribution in [0.4, 0.5) is 0 Å². The first kappa shape index (κ1) is 21.2. The predicted octanol–water partition coefficient (Wildman–Crippen LogP) is 0.118. The fraction of sp³-hybridized carbons (Fsp3) is 0.538. The first-order valence-electron chi connectivity index (χ1n) is 6.49. The monoisotopic (exact) mass is 352 g/mol. The second kappa shape index (κ2) is 9.40. The second-order valence-electron chi connectivity index (χ2n) is 4.50. The van der Waals surface area contributed by atoms with Gasteiger partial charge in [0.15, 0.2) is 5.25 Å². The van der Waals surface area contributed by atoms with Crippen molar-refractivity contribution in [1.82, 2.24) is 0 Å². The predicted molar refractivity (Wildman–Crippen MR) is 79.1 cm³/mol. The van der Waals surface area contributed by atoms with Crippen LogP contribution < -0.4 is 0 Å². The molecule has 0 aromatic heterocycles. The molecule has 0 aromatic rings. The van der Waals surface area contributed by atoms with Crippen LogP contribution in [0.1, 0.15) is 19.3 Å². The van der Waals surface area contributed by atoms with Crippen LogP contribution in [0.15, 0.2) is 25.3 Å². The lowest BCUT2D eigenvalue weighted by Crippen LogP contribution is -2.44. The largest absolute Gasteiger partial charge is 0.481 e. The van der Waals surface area contributed by atoms with Crippen LogP contribution in [0.5, 0.6) is 0 Å². The summed E-state index contributed by atoms with van der Waals surface area (Å²) in [7, 11) is -5.00. The van der Waals surface area contributed by atoms with Crippen LogP contribution in [0.3, 0.4) is 0 Å². The van der Waals surface area contributed by atoms with Crippen LogP contribution in [0.25, 0.3) is 0 Å². The molecule has 9 nitrogen and oxygen atoms in total. The number of carbonyl (C=O) groups excluding carboxylic acids is 1. The Bertz CT molecular complexity index is 540. The standard InChI is InChI=1S/C13H20O9S/c1-3-5-13(6-7-14,21-8-4-2)22-12(17)10(9-11(15)16)23(18,19)20/h3-4,10,14H,1-2,5-9H2,(H,15,16)(H,18,19,20). The lowest BCUT2D eigenvalue weighted by atomic mass is 10.1. The summed E-state index contributed by atoms with van der Waals surface area (Å²) in [6.45, 7) is 6.30. The smallest absolute Gasteiger partial charge is 0.329 e. The van der Waals surface area contributed by atoms with Gasteiger partial charge >= 0.3 is 11.9 Å². The minimum Gasteiger partial charge on any atom is -0.481 e. The summed E-state index contributed by atoms with van der Waals surface area (Å²) in [6.07, 6.45) is 1.15. The summed E-state index contributed by atoms with van der Waals surface area (Å²) >= 11 is 0. The highest BCUT2D eigenvalue weighted by Gasteiger charge is 2.41. The molecule has 0 amide bonds. The molecular weight excluding hydrogens is 332 g/mol. The maximum Gasteiger partial charge on any atom is 0.329 e. The Morgan fingerprint density at radius 1 is 1.26 bits per heavy atom. The van der Waals surface area contributed by atoms with Crippen LogP contribution in [0, 0.1) is 0 Å². The van der Waals surface area contributed by atoms with E-state index in [9.17, 15) is 18.0 Å².